The minimum absolute atomic E-state index is 0.132. The van der Waals surface area contributed by atoms with Crippen LogP contribution in [0.2, 0.25) is 6.32 Å². The topological polar surface area (TPSA) is 75.7 Å². The van der Waals surface area contributed by atoms with E-state index in [2.05, 4.69) is 11.6 Å². The fourth-order valence-corrected chi connectivity index (χ4v) is 3.19. The van der Waals surface area contributed by atoms with Crippen LogP contribution in [0.1, 0.15) is 37.0 Å². The summed E-state index contributed by atoms with van der Waals surface area (Å²) >= 11 is 0. The lowest BCUT2D eigenvalue weighted by Gasteiger charge is -2.27. The van der Waals surface area contributed by atoms with Crippen LogP contribution < -0.4 is 0 Å². The van der Waals surface area contributed by atoms with E-state index in [9.17, 15) is 10.1 Å². The summed E-state index contributed by atoms with van der Waals surface area (Å²) in [5, 5.41) is 19.1. The van der Waals surface area contributed by atoms with Gasteiger partial charge in [0.2, 0.25) is 0 Å². The molecule has 0 fully saturated rings. The van der Waals surface area contributed by atoms with Crippen molar-refractivity contribution < 1.29 is 19.2 Å². The number of rotatable bonds is 7. The summed E-state index contributed by atoms with van der Waals surface area (Å²) in [5.41, 5.74) is 3.85. The molecule has 0 saturated heterocycles. The van der Waals surface area contributed by atoms with Crippen molar-refractivity contribution in [3.63, 3.8) is 0 Å². The van der Waals surface area contributed by atoms with Crippen LogP contribution >= 0.6 is 0 Å². The van der Waals surface area contributed by atoms with Crippen molar-refractivity contribution in [1.29, 1.82) is 0 Å². The molecule has 27 heavy (non-hydrogen) atoms. The van der Waals surface area contributed by atoms with E-state index in [0.717, 1.165) is 22.4 Å². The van der Waals surface area contributed by atoms with Crippen LogP contribution in [0, 0.1) is 0 Å². The molecule has 3 heterocycles. The van der Waals surface area contributed by atoms with Gasteiger partial charge in [0, 0.05) is 12.5 Å². The van der Waals surface area contributed by atoms with E-state index in [1.54, 1.807) is 12.3 Å². The molecule has 6 heteroatoms. The molecule has 1 atom stereocenters. The molecule has 0 saturated carbocycles. The summed E-state index contributed by atoms with van der Waals surface area (Å²) in [6.07, 6.45) is 7.35. The molecule has 2 aromatic rings. The van der Waals surface area contributed by atoms with Gasteiger partial charge in [-0.15, -0.1) is 0 Å². The molecule has 2 aromatic heterocycles. The number of allylic oxidation sites excluding steroid dienone is 2. The smallest absolute Gasteiger partial charge is 0.458 e. The predicted molar refractivity (Wildman–Crippen MR) is 107 cm³/mol. The zero-order valence-electron chi connectivity index (χ0n) is 15.5. The van der Waals surface area contributed by atoms with Gasteiger partial charge in [0.25, 0.3) is 0 Å². The Kier molecular flexibility index (Phi) is 6.45. The molecule has 1 aliphatic heterocycles. The third-order valence-electron chi connectivity index (χ3n) is 4.52. The Balaban J connectivity index is 1.82. The van der Waals surface area contributed by atoms with Crippen molar-refractivity contribution in [2.24, 2.45) is 0 Å². The maximum absolute atomic E-state index is 9.86. The molecule has 1 unspecified atom stereocenters. The normalized spacial score (nSPS) is 17.7. The summed E-state index contributed by atoms with van der Waals surface area (Å²) in [4.78, 5) is 4.45. The van der Waals surface area contributed by atoms with Gasteiger partial charge in [-0.2, -0.15) is 0 Å². The second-order valence-corrected chi connectivity index (χ2v) is 6.64. The van der Waals surface area contributed by atoms with Crippen molar-refractivity contribution >= 4 is 18.8 Å². The van der Waals surface area contributed by atoms with Gasteiger partial charge in [-0.3, -0.25) is 4.98 Å². The minimum atomic E-state index is -0.780. The third-order valence-corrected chi connectivity index (χ3v) is 4.52. The molecule has 2 N–H and O–H groups in total. The Bertz CT molecular complexity index is 841. The fourth-order valence-electron chi connectivity index (χ4n) is 3.19. The molecule has 0 amide bonds. The number of aliphatic hydroxyl groups is 1. The van der Waals surface area contributed by atoms with Crippen molar-refractivity contribution in [1.82, 2.24) is 4.98 Å². The first kappa shape index (κ1) is 19.4. The number of pyridine rings is 1. The first-order valence-corrected chi connectivity index (χ1v) is 9.08. The van der Waals surface area contributed by atoms with Crippen LogP contribution in [0.3, 0.4) is 0 Å². The highest BCUT2D eigenvalue weighted by Crippen LogP contribution is 2.30. The summed E-state index contributed by atoms with van der Waals surface area (Å²) in [6, 6.07) is 9.35. The second kappa shape index (κ2) is 8.99. The fraction of sp³-hybridized carbons (Fsp3) is 0.286. The molecule has 5 nitrogen and oxygen atoms in total. The highest BCUT2D eigenvalue weighted by atomic mass is 16.5. The van der Waals surface area contributed by atoms with Gasteiger partial charge in [0.1, 0.15) is 18.1 Å². The van der Waals surface area contributed by atoms with Crippen LogP contribution in [0.15, 0.2) is 64.7 Å². The Morgan fingerprint density at radius 2 is 2.22 bits per heavy atom. The standard InChI is InChI=1S/C21H24BNO4/c1-15(2)19-10-11-22(25)27-21(19)9-6-16(20-5-3-4-12-23-20)13-17-7-8-18(14-24)26-17/h3-5,7-8,10,12-13,21,24-25H,1,6,9,11,14H2,2H3/b16-13-. The van der Waals surface area contributed by atoms with E-state index >= 15 is 0 Å². The number of hydrogen-bond donors (Lipinski definition) is 2. The number of aliphatic hydroxyl groups excluding tert-OH is 1. The van der Waals surface area contributed by atoms with E-state index < -0.39 is 7.12 Å². The maximum Gasteiger partial charge on any atom is 0.458 e. The third kappa shape index (κ3) is 5.07. The van der Waals surface area contributed by atoms with Gasteiger partial charge in [-0.05, 0) is 61.3 Å². The first-order chi connectivity index (χ1) is 13.1. The maximum atomic E-state index is 9.86. The van der Waals surface area contributed by atoms with E-state index in [4.69, 9.17) is 9.07 Å². The van der Waals surface area contributed by atoms with Crippen LogP contribution in [0.4, 0.5) is 0 Å². The Hall–Kier alpha value is -2.41. The lowest BCUT2D eigenvalue weighted by Crippen LogP contribution is -2.31. The van der Waals surface area contributed by atoms with Crippen molar-refractivity contribution in [2.75, 3.05) is 0 Å². The summed E-state index contributed by atoms with van der Waals surface area (Å²) in [5.74, 6) is 1.19. The molecule has 0 spiro atoms. The monoisotopic (exact) mass is 365 g/mol. The lowest BCUT2D eigenvalue weighted by molar-refractivity contribution is 0.184. The molecule has 0 aliphatic carbocycles. The number of hydrogen-bond acceptors (Lipinski definition) is 5. The molecule has 140 valence electrons. The molecule has 3 rings (SSSR count). The first-order valence-electron chi connectivity index (χ1n) is 9.08. The predicted octanol–water partition coefficient (Wildman–Crippen LogP) is 3.87. The van der Waals surface area contributed by atoms with E-state index in [1.807, 2.05) is 43.3 Å². The second-order valence-electron chi connectivity index (χ2n) is 6.64. The van der Waals surface area contributed by atoms with Crippen LogP contribution in [0.5, 0.6) is 0 Å². The van der Waals surface area contributed by atoms with Crippen molar-refractivity contribution in [2.45, 2.75) is 38.8 Å². The van der Waals surface area contributed by atoms with Gasteiger partial charge in [-0.1, -0.05) is 24.3 Å². The van der Waals surface area contributed by atoms with Gasteiger partial charge in [-0.25, -0.2) is 0 Å². The zero-order chi connectivity index (χ0) is 19.2. The molecule has 0 aromatic carbocycles. The average molecular weight is 365 g/mol. The van der Waals surface area contributed by atoms with Crippen LogP contribution in [0.25, 0.3) is 11.6 Å². The van der Waals surface area contributed by atoms with Crippen LogP contribution in [-0.2, 0) is 11.3 Å². The highest BCUT2D eigenvalue weighted by Gasteiger charge is 2.27. The zero-order valence-corrected chi connectivity index (χ0v) is 15.5. The Morgan fingerprint density at radius 3 is 2.89 bits per heavy atom. The number of nitrogens with zero attached hydrogens (tertiary/aromatic N) is 1. The van der Waals surface area contributed by atoms with Gasteiger partial charge in [0.05, 0.1) is 11.8 Å². The summed E-state index contributed by atoms with van der Waals surface area (Å²) < 4.78 is 11.3. The Labute approximate surface area is 159 Å². The molecule has 0 bridgehead atoms. The summed E-state index contributed by atoms with van der Waals surface area (Å²) in [7, 11) is -0.780. The van der Waals surface area contributed by atoms with Crippen LogP contribution in [-0.4, -0.2) is 28.3 Å². The number of aromatic nitrogens is 1. The minimum Gasteiger partial charge on any atom is -0.459 e. The SMILES string of the molecule is C=C(C)C1=CCB(O)OC1CC/C(=C/c1ccc(CO)o1)c1ccccn1. The largest absolute Gasteiger partial charge is 0.459 e. The van der Waals surface area contributed by atoms with E-state index in [0.29, 0.717) is 30.7 Å². The van der Waals surface area contributed by atoms with Gasteiger partial charge < -0.3 is 19.2 Å². The highest BCUT2D eigenvalue weighted by molar-refractivity contribution is 6.43. The van der Waals surface area contributed by atoms with Crippen molar-refractivity contribution in [3.8, 4) is 0 Å². The average Bonchev–Trinajstić information content (AvgIpc) is 3.13. The molecular formula is C21H24BNO4. The van der Waals surface area contributed by atoms with E-state index in [-0.39, 0.29) is 12.7 Å². The van der Waals surface area contributed by atoms with Gasteiger partial charge in [0.15, 0.2) is 0 Å². The lowest BCUT2D eigenvalue weighted by atomic mass is 9.78. The Morgan fingerprint density at radius 1 is 1.37 bits per heavy atom. The van der Waals surface area contributed by atoms with Crippen molar-refractivity contribution in [3.05, 3.63) is 77.5 Å². The summed E-state index contributed by atoms with van der Waals surface area (Å²) in [6.45, 7) is 5.85. The number of furan rings is 1. The van der Waals surface area contributed by atoms with E-state index in [1.165, 1.54) is 0 Å². The molecule has 0 radical (unpaired) electrons. The molecular weight excluding hydrogens is 341 g/mol. The van der Waals surface area contributed by atoms with Gasteiger partial charge >= 0.3 is 7.12 Å². The quantitative estimate of drug-likeness (QED) is 0.729. The molecule has 1 aliphatic rings.